The highest BCUT2D eigenvalue weighted by Gasteiger charge is 2.59. The number of hydrogen-bond acceptors (Lipinski definition) is 2. The molecule has 2 aliphatic rings. The van der Waals surface area contributed by atoms with E-state index in [1.807, 2.05) is 35.2 Å². The minimum Gasteiger partial charge on any atom is -0.481 e. The largest absolute Gasteiger partial charge is 0.481 e. The maximum atomic E-state index is 13.2. The van der Waals surface area contributed by atoms with Crippen LogP contribution in [-0.4, -0.2) is 35.0 Å². The van der Waals surface area contributed by atoms with E-state index in [0.29, 0.717) is 19.0 Å². The van der Waals surface area contributed by atoms with Gasteiger partial charge in [0.15, 0.2) is 0 Å². The van der Waals surface area contributed by atoms with Crippen LogP contribution in [0.15, 0.2) is 30.3 Å². The normalized spacial score (nSPS) is 24.4. The number of amides is 1. The van der Waals surface area contributed by atoms with Crippen LogP contribution in [-0.2, 0) is 9.59 Å². The van der Waals surface area contributed by atoms with E-state index in [0.717, 1.165) is 31.2 Å². The maximum Gasteiger partial charge on any atom is 0.307 e. The van der Waals surface area contributed by atoms with E-state index in [1.165, 1.54) is 0 Å². The van der Waals surface area contributed by atoms with Gasteiger partial charge in [0.05, 0.1) is 11.8 Å². The molecule has 3 atom stereocenters. The van der Waals surface area contributed by atoms with Crippen LogP contribution in [0.3, 0.4) is 0 Å². The number of aliphatic carboxylic acids is 1. The summed E-state index contributed by atoms with van der Waals surface area (Å²) in [6, 6.07) is 10.0. The third-order valence-corrected chi connectivity index (χ3v) is 6.20. The first-order chi connectivity index (χ1) is 11.5. The molecule has 130 valence electrons. The lowest BCUT2D eigenvalue weighted by molar-refractivity contribution is -0.140. The number of likely N-dealkylation sites (tertiary alicyclic amines) is 1. The Balaban J connectivity index is 1.70. The minimum absolute atomic E-state index is 0.0266. The van der Waals surface area contributed by atoms with Gasteiger partial charge in [-0.15, -0.1) is 0 Å². The van der Waals surface area contributed by atoms with Gasteiger partial charge in [0.2, 0.25) is 5.91 Å². The molecule has 2 fully saturated rings. The lowest BCUT2D eigenvalue weighted by atomic mass is 9.83. The van der Waals surface area contributed by atoms with Crippen molar-refractivity contribution in [1.29, 1.82) is 0 Å². The second-order valence-electron chi connectivity index (χ2n) is 7.56. The molecule has 3 unspecified atom stereocenters. The van der Waals surface area contributed by atoms with Crippen molar-refractivity contribution in [3.63, 3.8) is 0 Å². The van der Waals surface area contributed by atoms with E-state index < -0.39 is 5.97 Å². The number of carbonyl (C=O) groups excluding carboxylic acids is 1. The van der Waals surface area contributed by atoms with Crippen molar-refractivity contribution in [1.82, 2.24) is 4.90 Å². The summed E-state index contributed by atoms with van der Waals surface area (Å²) in [5.74, 6) is -0.452. The van der Waals surface area contributed by atoms with Gasteiger partial charge >= 0.3 is 5.97 Å². The number of benzene rings is 1. The minimum atomic E-state index is -0.670. The van der Waals surface area contributed by atoms with Gasteiger partial charge in [-0.25, -0.2) is 0 Å². The number of carbonyl (C=O) groups is 2. The van der Waals surface area contributed by atoms with Crippen LogP contribution in [0.2, 0.25) is 0 Å². The van der Waals surface area contributed by atoms with Gasteiger partial charge in [-0.3, -0.25) is 9.59 Å². The molecule has 0 bridgehead atoms. The highest BCUT2D eigenvalue weighted by molar-refractivity contribution is 5.84. The van der Waals surface area contributed by atoms with E-state index in [9.17, 15) is 14.7 Å². The lowest BCUT2D eigenvalue weighted by Crippen LogP contribution is -2.43. The van der Waals surface area contributed by atoms with Crippen LogP contribution in [0.25, 0.3) is 0 Å². The van der Waals surface area contributed by atoms with Crippen LogP contribution in [0.1, 0.15) is 51.0 Å². The number of hydrogen-bond donors (Lipinski definition) is 1. The molecule has 0 radical (unpaired) electrons. The van der Waals surface area contributed by atoms with Crippen LogP contribution in [0.5, 0.6) is 0 Å². The van der Waals surface area contributed by atoms with Gasteiger partial charge in [-0.05, 0) is 36.2 Å². The molecule has 1 aliphatic heterocycles. The topological polar surface area (TPSA) is 57.6 Å². The Bertz CT molecular complexity index is 605. The van der Waals surface area contributed by atoms with Crippen molar-refractivity contribution in [2.75, 3.05) is 13.1 Å². The zero-order valence-corrected chi connectivity index (χ0v) is 14.6. The number of rotatable bonds is 5. The van der Waals surface area contributed by atoms with E-state index in [2.05, 4.69) is 13.8 Å². The standard InChI is InChI=1S/C20H27NO3/c1-3-14(2)17(15-7-5-4-6-8-15)18(22)21-11-9-20(10-12-21)13-16(20)19(23)24/h4-8,14,16-17H,3,9-13H2,1-2H3,(H,23,24). The summed E-state index contributed by atoms with van der Waals surface area (Å²) < 4.78 is 0. The predicted molar refractivity (Wildman–Crippen MR) is 92.6 cm³/mol. The van der Waals surface area contributed by atoms with Crippen LogP contribution >= 0.6 is 0 Å². The smallest absolute Gasteiger partial charge is 0.307 e. The molecule has 1 aromatic rings. The summed E-state index contributed by atoms with van der Waals surface area (Å²) in [5, 5.41) is 9.21. The number of piperidine rings is 1. The first-order valence-corrected chi connectivity index (χ1v) is 9.05. The fourth-order valence-corrected chi connectivity index (χ4v) is 4.23. The first-order valence-electron chi connectivity index (χ1n) is 9.05. The summed E-state index contributed by atoms with van der Waals surface area (Å²) in [4.78, 5) is 26.3. The fraction of sp³-hybridized carbons (Fsp3) is 0.600. The molecule has 4 heteroatoms. The predicted octanol–water partition coefficient (Wildman–Crippen LogP) is 3.53. The van der Waals surface area contributed by atoms with E-state index >= 15 is 0 Å². The molecule has 4 nitrogen and oxygen atoms in total. The quantitative estimate of drug-likeness (QED) is 0.899. The van der Waals surface area contributed by atoms with Crippen molar-refractivity contribution < 1.29 is 14.7 Å². The second kappa shape index (κ2) is 6.58. The number of carboxylic acid groups (broad SMARTS) is 1. The van der Waals surface area contributed by atoms with E-state index in [-0.39, 0.29) is 23.2 Å². The third kappa shape index (κ3) is 3.06. The van der Waals surface area contributed by atoms with Crippen molar-refractivity contribution in [3.8, 4) is 0 Å². The highest BCUT2D eigenvalue weighted by atomic mass is 16.4. The van der Waals surface area contributed by atoms with Gasteiger partial charge in [0.1, 0.15) is 0 Å². The van der Waals surface area contributed by atoms with Gasteiger partial charge in [0.25, 0.3) is 0 Å². The molecule has 1 saturated carbocycles. The maximum absolute atomic E-state index is 13.2. The Labute approximate surface area is 143 Å². The summed E-state index contributed by atoms with van der Waals surface area (Å²) in [6.07, 6.45) is 3.41. The Kier molecular flexibility index (Phi) is 4.66. The van der Waals surface area contributed by atoms with Gasteiger partial charge in [-0.2, -0.15) is 0 Å². The Hall–Kier alpha value is -1.84. The van der Waals surface area contributed by atoms with Crippen molar-refractivity contribution in [2.45, 2.75) is 45.4 Å². The zero-order chi connectivity index (χ0) is 17.3. The zero-order valence-electron chi connectivity index (χ0n) is 14.6. The monoisotopic (exact) mass is 329 g/mol. The molecular formula is C20H27NO3. The summed E-state index contributed by atoms with van der Waals surface area (Å²) >= 11 is 0. The number of nitrogens with zero attached hydrogens (tertiary/aromatic N) is 1. The summed E-state index contributed by atoms with van der Waals surface area (Å²) in [6.45, 7) is 5.66. The first kappa shape index (κ1) is 17.0. The summed E-state index contributed by atoms with van der Waals surface area (Å²) in [5.41, 5.74) is 1.06. The molecule has 1 heterocycles. The van der Waals surface area contributed by atoms with Crippen LogP contribution in [0.4, 0.5) is 0 Å². The van der Waals surface area contributed by atoms with E-state index in [1.54, 1.807) is 0 Å². The van der Waals surface area contributed by atoms with E-state index in [4.69, 9.17) is 0 Å². The molecule has 24 heavy (non-hydrogen) atoms. The molecule has 1 saturated heterocycles. The van der Waals surface area contributed by atoms with Crippen LogP contribution in [0, 0.1) is 17.3 Å². The van der Waals surface area contributed by atoms with Crippen molar-refractivity contribution >= 4 is 11.9 Å². The second-order valence-corrected chi connectivity index (χ2v) is 7.56. The Morgan fingerprint density at radius 2 is 1.88 bits per heavy atom. The lowest BCUT2D eigenvalue weighted by Gasteiger charge is -2.36. The number of carboxylic acids is 1. The van der Waals surface area contributed by atoms with Crippen molar-refractivity contribution in [3.05, 3.63) is 35.9 Å². The average Bonchev–Trinajstić information content (AvgIpc) is 3.30. The van der Waals surface area contributed by atoms with Gasteiger partial charge in [0, 0.05) is 13.1 Å². The third-order valence-electron chi connectivity index (χ3n) is 6.20. The molecule has 1 N–H and O–H groups in total. The Morgan fingerprint density at radius 1 is 1.25 bits per heavy atom. The SMILES string of the molecule is CCC(C)C(C(=O)N1CCC2(CC1)CC2C(=O)O)c1ccccc1. The highest BCUT2D eigenvalue weighted by Crippen LogP contribution is 2.59. The molecule has 1 aromatic carbocycles. The molecule has 1 amide bonds. The molecule has 0 aromatic heterocycles. The van der Waals surface area contributed by atoms with Gasteiger partial charge < -0.3 is 10.0 Å². The van der Waals surface area contributed by atoms with Crippen molar-refractivity contribution in [2.24, 2.45) is 17.3 Å². The fourth-order valence-electron chi connectivity index (χ4n) is 4.23. The molecule has 1 aliphatic carbocycles. The average molecular weight is 329 g/mol. The molecular weight excluding hydrogens is 302 g/mol. The van der Waals surface area contributed by atoms with Crippen LogP contribution < -0.4 is 0 Å². The molecule has 3 rings (SSSR count). The molecule has 1 spiro atoms. The summed E-state index contributed by atoms with van der Waals surface area (Å²) in [7, 11) is 0. The van der Waals surface area contributed by atoms with Gasteiger partial charge in [-0.1, -0.05) is 50.6 Å². The Morgan fingerprint density at radius 3 is 2.38 bits per heavy atom.